The quantitative estimate of drug-likeness (QED) is 0.395. The minimum atomic E-state index is 0.590. The van der Waals surface area contributed by atoms with Gasteiger partial charge in [-0.3, -0.25) is 0 Å². The first-order valence-electron chi connectivity index (χ1n) is 9.57. The Bertz CT molecular complexity index is 1090. The molecule has 134 valence electrons. The zero-order valence-electron chi connectivity index (χ0n) is 15.5. The van der Waals surface area contributed by atoms with Crippen LogP contribution in [0.25, 0.3) is 22.3 Å². The summed E-state index contributed by atoms with van der Waals surface area (Å²) >= 11 is 0. The molecule has 0 bridgehead atoms. The summed E-state index contributed by atoms with van der Waals surface area (Å²) in [5, 5.41) is 0. The number of rotatable bonds is 3. The van der Waals surface area contributed by atoms with Gasteiger partial charge in [0.2, 0.25) is 0 Å². The van der Waals surface area contributed by atoms with Gasteiger partial charge < -0.3 is 4.74 Å². The maximum Gasteiger partial charge on any atom is 0.127 e. The summed E-state index contributed by atoms with van der Waals surface area (Å²) in [4.78, 5) is 0. The van der Waals surface area contributed by atoms with Crippen molar-refractivity contribution in [1.82, 2.24) is 0 Å². The second-order valence-corrected chi connectivity index (χ2v) is 6.95. The van der Waals surface area contributed by atoms with Crippen LogP contribution in [0.2, 0.25) is 0 Å². The lowest BCUT2D eigenvalue weighted by molar-refractivity contribution is 0.388. The molecule has 0 atom stereocenters. The summed E-state index contributed by atoms with van der Waals surface area (Å²) in [6.45, 7) is 0.590. The fourth-order valence-electron chi connectivity index (χ4n) is 3.86. The molecule has 0 saturated heterocycles. The Morgan fingerprint density at radius 1 is 0.571 bits per heavy atom. The molecule has 0 aromatic heterocycles. The fourth-order valence-corrected chi connectivity index (χ4v) is 3.86. The largest absolute Gasteiger partial charge is 0.488 e. The molecule has 0 unspecified atom stereocenters. The van der Waals surface area contributed by atoms with Crippen LogP contribution < -0.4 is 4.74 Å². The summed E-state index contributed by atoms with van der Waals surface area (Å²) in [5.41, 5.74) is 8.52. The van der Waals surface area contributed by atoms with Crippen molar-refractivity contribution in [3.05, 3.63) is 126 Å². The highest BCUT2D eigenvalue weighted by Gasteiger charge is 2.23. The molecule has 0 spiro atoms. The molecule has 1 aliphatic rings. The van der Waals surface area contributed by atoms with Crippen LogP contribution in [0.1, 0.15) is 16.7 Å². The zero-order chi connectivity index (χ0) is 18.8. The van der Waals surface area contributed by atoms with Crippen molar-refractivity contribution in [3.63, 3.8) is 0 Å². The SMILES string of the molecule is c1ccc(C(=C2COc3ccc(-c4ccccc4)cc32)c2ccccc2)cc1. The van der Waals surface area contributed by atoms with Gasteiger partial charge in [0.15, 0.2) is 0 Å². The van der Waals surface area contributed by atoms with E-state index in [2.05, 4.69) is 103 Å². The van der Waals surface area contributed by atoms with Crippen molar-refractivity contribution < 1.29 is 4.74 Å². The van der Waals surface area contributed by atoms with Crippen molar-refractivity contribution in [3.8, 4) is 16.9 Å². The molecule has 5 rings (SSSR count). The van der Waals surface area contributed by atoms with Gasteiger partial charge in [0.05, 0.1) is 0 Å². The van der Waals surface area contributed by atoms with Crippen LogP contribution in [0.3, 0.4) is 0 Å². The van der Waals surface area contributed by atoms with Gasteiger partial charge in [-0.05, 0) is 40.0 Å². The molecule has 0 radical (unpaired) electrons. The predicted octanol–water partition coefficient (Wildman–Crippen LogP) is 6.71. The number of ether oxygens (including phenoxy) is 1. The van der Waals surface area contributed by atoms with E-state index in [0.717, 1.165) is 5.75 Å². The number of hydrogen-bond donors (Lipinski definition) is 0. The first-order valence-corrected chi connectivity index (χ1v) is 9.57. The third-order valence-electron chi connectivity index (χ3n) is 5.21. The molecule has 0 amide bonds. The lowest BCUT2D eigenvalue weighted by atomic mass is 9.89. The number of benzene rings is 4. The molecule has 1 aliphatic heterocycles. The van der Waals surface area contributed by atoms with E-state index in [4.69, 9.17) is 4.74 Å². The zero-order valence-corrected chi connectivity index (χ0v) is 15.5. The molecule has 0 N–H and O–H groups in total. The summed E-state index contributed by atoms with van der Waals surface area (Å²) in [6, 6.07) is 38.2. The van der Waals surface area contributed by atoms with E-state index in [1.807, 2.05) is 6.07 Å². The van der Waals surface area contributed by atoms with Gasteiger partial charge in [0.25, 0.3) is 0 Å². The van der Waals surface area contributed by atoms with Crippen molar-refractivity contribution >= 4 is 11.1 Å². The van der Waals surface area contributed by atoms with Crippen LogP contribution in [-0.2, 0) is 0 Å². The molecule has 1 heteroatoms. The second kappa shape index (κ2) is 7.21. The average Bonchev–Trinajstić information content (AvgIpc) is 3.19. The molecule has 4 aromatic carbocycles. The first kappa shape index (κ1) is 16.6. The van der Waals surface area contributed by atoms with Crippen LogP contribution in [0.4, 0.5) is 0 Å². The van der Waals surface area contributed by atoms with Crippen LogP contribution in [-0.4, -0.2) is 6.61 Å². The molecule has 4 aromatic rings. The van der Waals surface area contributed by atoms with E-state index in [-0.39, 0.29) is 0 Å². The van der Waals surface area contributed by atoms with Gasteiger partial charge in [-0.25, -0.2) is 0 Å². The third-order valence-corrected chi connectivity index (χ3v) is 5.21. The monoisotopic (exact) mass is 360 g/mol. The fraction of sp³-hybridized carbons (Fsp3) is 0.0370. The number of hydrogen-bond acceptors (Lipinski definition) is 1. The van der Waals surface area contributed by atoms with Gasteiger partial charge in [0, 0.05) is 11.1 Å². The Kier molecular flexibility index (Phi) is 4.27. The van der Waals surface area contributed by atoms with Gasteiger partial charge in [0.1, 0.15) is 12.4 Å². The highest BCUT2D eigenvalue weighted by atomic mass is 16.5. The van der Waals surface area contributed by atoms with Crippen molar-refractivity contribution in [2.24, 2.45) is 0 Å². The topological polar surface area (TPSA) is 9.23 Å². The summed E-state index contributed by atoms with van der Waals surface area (Å²) in [6.07, 6.45) is 0. The van der Waals surface area contributed by atoms with Crippen LogP contribution >= 0.6 is 0 Å². The van der Waals surface area contributed by atoms with Crippen molar-refractivity contribution in [2.75, 3.05) is 6.61 Å². The smallest absolute Gasteiger partial charge is 0.127 e. The number of fused-ring (bicyclic) bond motifs is 1. The van der Waals surface area contributed by atoms with Crippen LogP contribution in [0, 0.1) is 0 Å². The van der Waals surface area contributed by atoms with Crippen molar-refractivity contribution in [1.29, 1.82) is 0 Å². The normalized spacial score (nSPS) is 12.4. The first-order chi connectivity index (χ1) is 13.9. The summed E-state index contributed by atoms with van der Waals surface area (Å²) in [7, 11) is 0. The maximum atomic E-state index is 6.07. The minimum Gasteiger partial charge on any atom is -0.488 e. The molecule has 0 aliphatic carbocycles. The average molecular weight is 360 g/mol. The lowest BCUT2D eigenvalue weighted by Crippen LogP contribution is -1.96. The highest BCUT2D eigenvalue weighted by Crippen LogP contribution is 2.42. The van der Waals surface area contributed by atoms with Gasteiger partial charge >= 0.3 is 0 Å². The molecule has 1 nitrogen and oxygen atoms in total. The Morgan fingerprint density at radius 3 is 1.75 bits per heavy atom. The third kappa shape index (κ3) is 3.01. The Morgan fingerprint density at radius 2 is 1.14 bits per heavy atom. The van der Waals surface area contributed by atoms with E-state index < -0.39 is 0 Å². The second-order valence-electron chi connectivity index (χ2n) is 6.95. The van der Waals surface area contributed by atoms with E-state index in [1.54, 1.807) is 0 Å². The van der Waals surface area contributed by atoms with Gasteiger partial charge in [-0.1, -0.05) is 97.1 Å². The predicted molar refractivity (Wildman–Crippen MR) is 116 cm³/mol. The molecule has 1 heterocycles. The Hall–Kier alpha value is -3.58. The van der Waals surface area contributed by atoms with E-state index in [0.29, 0.717) is 6.61 Å². The summed E-state index contributed by atoms with van der Waals surface area (Å²) in [5.74, 6) is 0.957. The Balaban J connectivity index is 1.73. The van der Waals surface area contributed by atoms with Crippen molar-refractivity contribution in [2.45, 2.75) is 0 Å². The van der Waals surface area contributed by atoms with Gasteiger partial charge in [-0.15, -0.1) is 0 Å². The summed E-state index contributed by atoms with van der Waals surface area (Å²) < 4.78 is 6.07. The molecular formula is C27H20O. The standard InChI is InChI=1S/C27H20O/c1-4-10-20(11-5-1)23-16-17-26-24(18-23)25(19-28-26)27(21-12-6-2-7-13-21)22-14-8-3-9-15-22/h1-18H,19H2. The molecule has 28 heavy (non-hydrogen) atoms. The van der Waals surface area contributed by atoms with Crippen LogP contribution in [0.5, 0.6) is 5.75 Å². The molecule has 0 saturated carbocycles. The van der Waals surface area contributed by atoms with E-state index in [9.17, 15) is 0 Å². The lowest BCUT2D eigenvalue weighted by Gasteiger charge is -2.13. The molecular weight excluding hydrogens is 340 g/mol. The van der Waals surface area contributed by atoms with Gasteiger partial charge in [-0.2, -0.15) is 0 Å². The van der Waals surface area contributed by atoms with E-state index in [1.165, 1.54) is 39.0 Å². The van der Waals surface area contributed by atoms with Crippen LogP contribution in [0.15, 0.2) is 109 Å². The molecule has 0 fully saturated rings. The minimum absolute atomic E-state index is 0.590. The Labute approximate surface area is 165 Å². The maximum absolute atomic E-state index is 6.07. The van der Waals surface area contributed by atoms with E-state index >= 15 is 0 Å². The highest BCUT2D eigenvalue weighted by molar-refractivity contribution is 6.01.